The summed E-state index contributed by atoms with van der Waals surface area (Å²) in [5, 5.41) is 0. The zero-order chi connectivity index (χ0) is 22.0. The first-order valence-electron chi connectivity index (χ1n) is 12.6. The van der Waals surface area contributed by atoms with E-state index in [2.05, 4.69) is 33.8 Å². The van der Waals surface area contributed by atoms with E-state index < -0.39 is 0 Å². The molecular weight excluding hydrogens is 388 g/mol. The smallest absolute Gasteiger partial charge is 0.302 e. The van der Waals surface area contributed by atoms with Gasteiger partial charge in [-0.1, -0.05) is 25.5 Å². The molecule has 0 amide bonds. The number of carbonyl (C=O) groups is 1. The Kier molecular flexibility index (Phi) is 5.31. The number of ether oxygens (including phenoxy) is 3. The Labute approximate surface area is 187 Å². The van der Waals surface area contributed by atoms with Crippen LogP contribution in [0.2, 0.25) is 0 Å². The summed E-state index contributed by atoms with van der Waals surface area (Å²) in [5.74, 6) is 3.89. The monoisotopic (exact) mass is 428 g/mol. The summed E-state index contributed by atoms with van der Waals surface area (Å²) >= 11 is 0. The molecule has 3 saturated carbocycles. The van der Waals surface area contributed by atoms with Gasteiger partial charge in [-0.25, -0.2) is 0 Å². The van der Waals surface area contributed by atoms with Gasteiger partial charge >= 0.3 is 5.97 Å². The van der Waals surface area contributed by atoms with Gasteiger partial charge in [0, 0.05) is 26.4 Å². The van der Waals surface area contributed by atoms with Gasteiger partial charge in [-0.2, -0.15) is 0 Å². The van der Waals surface area contributed by atoms with Gasteiger partial charge in [-0.15, -0.1) is 0 Å². The number of rotatable bonds is 3. The van der Waals surface area contributed by atoms with E-state index >= 15 is 0 Å². The quantitative estimate of drug-likeness (QED) is 0.399. The van der Waals surface area contributed by atoms with Crippen molar-refractivity contribution >= 4 is 5.97 Å². The summed E-state index contributed by atoms with van der Waals surface area (Å²) in [7, 11) is 0. The fraction of sp³-hybridized carbons (Fsp3) is 0.815. The first-order valence-corrected chi connectivity index (χ1v) is 12.6. The van der Waals surface area contributed by atoms with Crippen LogP contribution in [0.5, 0.6) is 0 Å². The van der Waals surface area contributed by atoms with Crippen molar-refractivity contribution < 1.29 is 19.0 Å². The molecule has 0 aromatic heterocycles. The molecule has 4 aliphatic carbocycles. The predicted octanol–water partition coefficient (Wildman–Crippen LogP) is 6.16. The fourth-order valence-corrected chi connectivity index (χ4v) is 8.68. The van der Waals surface area contributed by atoms with Gasteiger partial charge in [0.05, 0.1) is 5.76 Å². The molecule has 0 aromatic rings. The van der Waals surface area contributed by atoms with Crippen LogP contribution in [-0.2, 0) is 19.0 Å². The van der Waals surface area contributed by atoms with Gasteiger partial charge in [0.15, 0.2) is 6.29 Å². The predicted molar refractivity (Wildman–Crippen MR) is 120 cm³/mol. The van der Waals surface area contributed by atoms with Crippen molar-refractivity contribution in [3.8, 4) is 0 Å². The lowest BCUT2D eigenvalue weighted by Crippen LogP contribution is -2.49. The molecule has 3 fully saturated rings. The van der Waals surface area contributed by atoms with Gasteiger partial charge in [-0.05, 0) is 92.4 Å². The number of carbonyl (C=O) groups excluding carboxylic acids is 1. The number of esters is 1. The molecule has 172 valence electrons. The van der Waals surface area contributed by atoms with Crippen LogP contribution in [0.15, 0.2) is 23.0 Å². The summed E-state index contributed by atoms with van der Waals surface area (Å²) in [6.45, 7) is 11.5. The lowest BCUT2D eigenvalue weighted by Gasteiger charge is -2.57. The minimum atomic E-state index is -0.138. The Morgan fingerprint density at radius 1 is 1.16 bits per heavy atom. The second-order valence-corrected chi connectivity index (χ2v) is 11.3. The van der Waals surface area contributed by atoms with Crippen LogP contribution >= 0.6 is 0 Å². The second kappa shape index (κ2) is 7.64. The largest absolute Gasteiger partial charge is 0.470 e. The van der Waals surface area contributed by atoms with Gasteiger partial charge in [-0.3, -0.25) is 4.79 Å². The first kappa shape index (κ1) is 21.6. The Balaban J connectivity index is 1.41. The van der Waals surface area contributed by atoms with Crippen LogP contribution in [-0.4, -0.2) is 25.0 Å². The standard InChI is InChI=1S/C27H40O4/c1-6-29-24-14-18-13-23-21-8-7-19-15-20(31-17(3)28)9-11-26(19,4)22(21)10-12-27(23,5)25(18)16(2)30-24/h7,18,20-24H,6,8-15H2,1-5H3/t18-,20-,21-,22+,23+,24-,26+,27+/m1/s1. The average Bonchev–Trinajstić information content (AvgIpc) is 3.01. The number of hydrogen-bond acceptors (Lipinski definition) is 4. The van der Waals surface area contributed by atoms with Crippen molar-refractivity contribution in [1.82, 2.24) is 0 Å². The molecule has 5 rings (SSSR count). The summed E-state index contributed by atoms with van der Waals surface area (Å²) < 4.78 is 17.7. The minimum Gasteiger partial charge on any atom is -0.470 e. The molecule has 0 saturated heterocycles. The third-order valence-electron chi connectivity index (χ3n) is 9.86. The molecule has 8 atom stereocenters. The lowest BCUT2D eigenvalue weighted by molar-refractivity contribution is -0.148. The molecule has 0 aromatic carbocycles. The highest BCUT2D eigenvalue weighted by molar-refractivity contribution is 5.66. The van der Waals surface area contributed by atoms with Crippen molar-refractivity contribution in [3.63, 3.8) is 0 Å². The molecule has 31 heavy (non-hydrogen) atoms. The van der Waals surface area contributed by atoms with E-state index in [1.165, 1.54) is 32.6 Å². The molecule has 0 bridgehead atoms. The van der Waals surface area contributed by atoms with Crippen LogP contribution in [0.1, 0.15) is 86.0 Å². The van der Waals surface area contributed by atoms with Crippen LogP contribution in [0, 0.1) is 34.5 Å². The Morgan fingerprint density at radius 3 is 2.68 bits per heavy atom. The molecule has 1 heterocycles. The maximum absolute atomic E-state index is 11.5. The highest BCUT2D eigenvalue weighted by atomic mass is 16.7. The van der Waals surface area contributed by atoms with Gasteiger partial charge in [0.2, 0.25) is 0 Å². The van der Waals surface area contributed by atoms with E-state index in [1.54, 1.807) is 11.1 Å². The number of hydrogen-bond donors (Lipinski definition) is 0. The summed E-state index contributed by atoms with van der Waals surface area (Å²) in [4.78, 5) is 11.5. The van der Waals surface area contributed by atoms with Crippen molar-refractivity contribution in [3.05, 3.63) is 23.0 Å². The molecular formula is C27H40O4. The second-order valence-electron chi connectivity index (χ2n) is 11.3. The molecule has 4 heteroatoms. The van der Waals surface area contributed by atoms with Crippen LogP contribution in [0.4, 0.5) is 0 Å². The van der Waals surface area contributed by atoms with E-state index in [1.807, 2.05) is 0 Å². The number of allylic oxidation sites excluding steroid dienone is 3. The number of fused-ring (bicyclic) bond motifs is 7. The molecule has 0 radical (unpaired) electrons. The van der Waals surface area contributed by atoms with E-state index in [0.717, 1.165) is 49.2 Å². The zero-order valence-electron chi connectivity index (χ0n) is 20.0. The fourth-order valence-electron chi connectivity index (χ4n) is 8.68. The van der Waals surface area contributed by atoms with Crippen LogP contribution in [0.3, 0.4) is 0 Å². The Hall–Kier alpha value is -1.29. The molecule has 1 aliphatic heterocycles. The lowest BCUT2D eigenvalue weighted by atomic mass is 9.48. The Bertz CT molecular complexity index is 812. The van der Waals surface area contributed by atoms with Crippen LogP contribution < -0.4 is 0 Å². The SMILES string of the molecule is CCO[C@H]1C[C@H]2C[C@H]3[C@@H]4CC=C5C[C@H](OC(C)=O)CC[C@]5(C)[C@H]4CC[C@]3(C)C2=C(C)O1. The first-order chi connectivity index (χ1) is 14.8. The third-order valence-corrected chi connectivity index (χ3v) is 9.86. The van der Waals surface area contributed by atoms with E-state index in [-0.39, 0.29) is 29.2 Å². The highest BCUT2D eigenvalue weighted by Crippen LogP contribution is 2.68. The molecule has 0 unspecified atom stereocenters. The Morgan fingerprint density at radius 2 is 1.94 bits per heavy atom. The molecule has 4 nitrogen and oxygen atoms in total. The maximum atomic E-state index is 11.5. The van der Waals surface area contributed by atoms with Crippen molar-refractivity contribution in [2.45, 2.75) is 98.4 Å². The third kappa shape index (κ3) is 3.31. The summed E-state index contributed by atoms with van der Waals surface area (Å²) in [6.07, 6.45) is 11.8. The molecule has 5 aliphatic rings. The molecule has 0 N–H and O–H groups in total. The van der Waals surface area contributed by atoms with Gasteiger partial charge in [0.25, 0.3) is 0 Å². The topological polar surface area (TPSA) is 44.8 Å². The summed E-state index contributed by atoms with van der Waals surface area (Å²) in [5.41, 5.74) is 3.75. The maximum Gasteiger partial charge on any atom is 0.302 e. The van der Waals surface area contributed by atoms with Gasteiger partial charge in [0.1, 0.15) is 6.10 Å². The van der Waals surface area contributed by atoms with E-state index in [4.69, 9.17) is 14.2 Å². The van der Waals surface area contributed by atoms with E-state index in [9.17, 15) is 4.79 Å². The minimum absolute atomic E-state index is 0.0646. The molecule has 0 spiro atoms. The van der Waals surface area contributed by atoms with E-state index in [0.29, 0.717) is 12.5 Å². The summed E-state index contributed by atoms with van der Waals surface area (Å²) in [6, 6.07) is 0. The normalized spacial score (nSPS) is 46.2. The van der Waals surface area contributed by atoms with Crippen molar-refractivity contribution in [1.29, 1.82) is 0 Å². The average molecular weight is 429 g/mol. The van der Waals surface area contributed by atoms with Crippen LogP contribution in [0.25, 0.3) is 0 Å². The van der Waals surface area contributed by atoms with Crippen molar-refractivity contribution in [2.24, 2.45) is 34.5 Å². The van der Waals surface area contributed by atoms with Gasteiger partial charge < -0.3 is 14.2 Å². The highest BCUT2D eigenvalue weighted by Gasteiger charge is 2.60. The van der Waals surface area contributed by atoms with Crippen molar-refractivity contribution in [2.75, 3.05) is 6.61 Å². The zero-order valence-corrected chi connectivity index (χ0v) is 20.0.